The Morgan fingerprint density at radius 3 is 1.53 bits per heavy atom. The quantitative estimate of drug-likeness (QED) is 0.0662. The molecule has 0 aromatic carbocycles. The summed E-state index contributed by atoms with van der Waals surface area (Å²) >= 11 is 0. The molecule has 5 nitrogen and oxygen atoms in total. The van der Waals surface area contributed by atoms with Gasteiger partial charge in [0.05, 0.1) is 12.5 Å². The van der Waals surface area contributed by atoms with Crippen molar-refractivity contribution in [1.82, 2.24) is 0 Å². The van der Waals surface area contributed by atoms with E-state index >= 15 is 0 Å². The van der Waals surface area contributed by atoms with Crippen molar-refractivity contribution in [3.63, 3.8) is 0 Å². The van der Waals surface area contributed by atoms with Crippen molar-refractivity contribution >= 4 is 28.8 Å². The Morgan fingerprint density at radius 1 is 0.767 bits per heavy atom. The van der Waals surface area contributed by atoms with E-state index in [1.165, 1.54) is 103 Å². The van der Waals surface area contributed by atoms with Crippen LogP contribution in [-0.4, -0.2) is 47.2 Å². The van der Waals surface area contributed by atoms with Crippen molar-refractivity contribution in [1.29, 1.82) is 0 Å². The first-order valence-corrected chi connectivity index (χ1v) is 16.5. The van der Waals surface area contributed by atoms with Crippen molar-refractivity contribution in [2.75, 3.05) is 13.2 Å². The fourth-order valence-electron chi connectivity index (χ4n) is 4.13. The summed E-state index contributed by atoms with van der Waals surface area (Å²) in [7, 11) is 0. The van der Waals surface area contributed by atoms with Gasteiger partial charge in [-0.1, -0.05) is 110 Å². The normalized spacial score (nSPS) is 11.2. The van der Waals surface area contributed by atoms with E-state index in [0.717, 1.165) is 32.5 Å². The van der Waals surface area contributed by atoms with Crippen molar-refractivity contribution in [3.05, 3.63) is 55.2 Å². The predicted molar refractivity (Wildman–Crippen MR) is 180 cm³/mol. The van der Waals surface area contributed by atoms with Gasteiger partial charge in [-0.25, -0.2) is 0 Å². The third kappa shape index (κ3) is 34.1. The number of hydrogen-bond acceptors (Lipinski definition) is 5. The van der Waals surface area contributed by atoms with E-state index in [-0.39, 0.29) is 45.8 Å². The third-order valence-electron chi connectivity index (χ3n) is 6.70. The zero-order valence-electron chi connectivity index (χ0n) is 28.8. The molecule has 1 atom stereocenters. The van der Waals surface area contributed by atoms with Gasteiger partial charge >= 0.3 is 23.1 Å². The zero-order chi connectivity index (χ0) is 31.0. The van der Waals surface area contributed by atoms with E-state index in [0.29, 0.717) is 11.5 Å². The molecule has 0 fully saturated rings. The van der Waals surface area contributed by atoms with E-state index in [2.05, 4.69) is 20.8 Å². The van der Waals surface area contributed by atoms with Gasteiger partial charge in [-0.2, -0.15) is 6.42 Å². The summed E-state index contributed by atoms with van der Waals surface area (Å²) in [5.41, 5.74) is -0.800. The maximum absolute atomic E-state index is 10.4. The number of ketones is 1. The van der Waals surface area contributed by atoms with Gasteiger partial charge in [-0.15, -0.1) is 0 Å². The van der Waals surface area contributed by atoms with E-state index in [1.807, 2.05) is 32.9 Å². The number of furan rings is 2. The van der Waals surface area contributed by atoms with Crippen LogP contribution in [0.2, 0.25) is 0 Å². The maximum atomic E-state index is 10.4. The minimum Gasteiger partial charge on any atom is -1.00 e. The molecule has 0 aliphatic rings. The molecule has 0 saturated heterocycles. The van der Waals surface area contributed by atoms with Crippen molar-refractivity contribution in [2.45, 2.75) is 156 Å². The Bertz CT molecular complexity index is 738. The molecule has 43 heavy (non-hydrogen) atoms. The van der Waals surface area contributed by atoms with Crippen LogP contribution in [0.5, 0.6) is 0 Å². The molecule has 2 heterocycles. The van der Waals surface area contributed by atoms with Crippen LogP contribution in [-0.2, 0) is 10.3 Å². The van der Waals surface area contributed by atoms with Crippen LogP contribution in [0.25, 0.3) is 0 Å². The van der Waals surface area contributed by atoms with E-state index in [9.17, 15) is 9.90 Å². The molecule has 1 N–H and O–H groups in total. The molecule has 0 saturated carbocycles. The number of carbonyl (C=O) groups excluding carboxylic acids is 1. The maximum Gasteiger partial charge on any atom is 2.00 e. The van der Waals surface area contributed by atoms with Gasteiger partial charge in [0, 0.05) is 20.1 Å². The van der Waals surface area contributed by atoms with E-state index < -0.39 is 5.60 Å². The van der Waals surface area contributed by atoms with Crippen LogP contribution in [0.3, 0.4) is 0 Å². The Kier molecular flexibility index (Phi) is 43.1. The summed E-state index contributed by atoms with van der Waals surface area (Å²) in [5, 5.41) is 10.3. The molecule has 1 unspecified atom stereocenters. The van der Waals surface area contributed by atoms with Crippen molar-refractivity contribution < 1.29 is 40.5 Å². The van der Waals surface area contributed by atoms with Gasteiger partial charge in [0.1, 0.15) is 11.4 Å². The number of ether oxygens (including phenoxy) is 1. The molecule has 0 radical (unpaired) electrons. The second kappa shape index (κ2) is 37.6. The Morgan fingerprint density at radius 2 is 1.21 bits per heavy atom. The average molecular weight is 682 g/mol. The topological polar surface area (TPSA) is 72.8 Å². The number of rotatable bonds is 20. The molecule has 0 spiro atoms. The van der Waals surface area contributed by atoms with Gasteiger partial charge in [0.2, 0.25) is 0 Å². The predicted octanol–water partition coefficient (Wildman–Crippen LogP) is 8.13. The van der Waals surface area contributed by atoms with Gasteiger partial charge < -0.3 is 42.6 Å². The van der Waals surface area contributed by atoms with Crippen LogP contribution >= 0.6 is 0 Å². The molecule has 0 aliphatic heterocycles. The fourth-order valence-corrected chi connectivity index (χ4v) is 4.13. The van der Waals surface area contributed by atoms with Gasteiger partial charge in [-0.05, 0) is 51.5 Å². The first kappa shape index (κ1) is 49.3. The van der Waals surface area contributed by atoms with Crippen LogP contribution in [0.4, 0.5) is 0 Å². The van der Waals surface area contributed by atoms with Gasteiger partial charge in [-0.3, -0.25) is 4.79 Å². The molecule has 2 aromatic rings. The molecule has 2 aromatic heterocycles. The summed E-state index contributed by atoms with van der Waals surface area (Å²) in [4.78, 5) is 10.4. The summed E-state index contributed by atoms with van der Waals surface area (Å²) < 4.78 is 14.8. The SMILES string of the molecule is CC(=O)c1ccco1.CCCCCCCCCCC(C)(O)c1ccco1.CCOCC.[Br-].[CH2-]CCCCCCCCC.[Mg+2]. The van der Waals surface area contributed by atoms with E-state index in [1.54, 1.807) is 18.4 Å². The number of unbranched alkanes of at least 4 members (excludes halogenated alkanes) is 14. The zero-order valence-corrected chi connectivity index (χ0v) is 31.8. The number of carbonyl (C=O) groups is 1. The fraction of sp³-hybridized carbons (Fsp3) is 0.722. The molecular weight excluding hydrogens is 617 g/mol. The van der Waals surface area contributed by atoms with Crippen LogP contribution < -0.4 is 17.0 Å². The average Bonchev–Trinajstić information content (AvgIpc) is 3.70. The van der Waals surface area contributed by atoms with Crippen LogP contribution in [0, 0.1) is 6.92 Å². The minimum atomic E-state index is -0.800. The number of hydrogen-bond donors (Lipinski definition) is 1. The first-order chi connectivity index (χ1) is 19.8. The molecule has 7 heteroatoms. The Labute approximate surface area is 292 Å². The van der Waals surface area contributed by atoms with Crippen molar-refractivity contribution in [2.24, 2.45) is 0 Å². The summed E-state index contributed by atoms with van der Waals surface area (Å²) in [6.07, 6.45) is 25.1. The van der Waals surface area contributed by atoms with Crippen molar-refractivity contribution in [3.8, 4) is 0 Å². The molecular formula is C36H65BrMgO5. The van der Waals surface area contributed by atoms with Gasteiger partial charge in [0.15, 0.2) is 11.5 Å². The second-order valence-corrected chi connectivity index (χ2v) is 10.8. The number of aliphatic hydroxyl groups is 1. The summed E-state index contributed by atoms with van der Waals surface area (Å²) in [6, 6.07) is 7.02. The molecule has 248 valence electrons. The first-order valence-electron chi connectivity index (χ1n) is 16.5. The van der Waals surface area contributed by atoms with E-state index in [4.69, 9.17) is 13.6 Å². The van der Waals surface area contributed by atoms with Crippen LogP contribution in [0.1, 0.15) is 167 Å². The Balaban J connectivity index is -0.000000259. The molecule has 0 amide bonds. The molecule has 0 bridgehead atoms. The van der Waals surface area contributed by atoms with Gasteiger partial charge in [0.25, 0.3) is 0 Å². The molecule has 0 aliphatic carbocycles. The number of Topliss-reactive ketones (excluding diaryl/α,β-unsaturated/α-hetero) is 1. The smallest absolute Gasteiger partial charge is 1.00 e. The summed E-state index contributed by atoms with van der Waals surface area (Å²) in [6.45, 7) is 17.3. The monoisotopic (exact) mass is 680 g/mol. The minimum absolute atomic E-state index is 0. The second-order valence-electron chi connectivity index (χ2n) is 10.8. The summed E-state index contributed by atoms with van der Waals surface area (Å²) in [5.74, 6) is 1.07. The Hall–Kier alpha value is -0.604. The third-order valence-corrected chi connectivity index (χ3v) is 6.70. The largest absolute Gasteiger partial charge is 2.00 e. The van der Waals surface area contributed by atoms with Crippen LogP contribution in [0.15, 0.2) is 45.6 Å². The molecule has 2 rings (SSSR count). The number of halogens is 1. The standard InChI is InChI=1S/C16H28O2.C10H21.C6H6O2.C4H10O.BrH.Mg/c1-3-4-5-6-7-8-9-10-13-16(2,17)15-12-11-14-18-15;1-3-5-7-9-10-8-6-4-2;1-5(7)6-3-2-4-8-6;1-3-5-4-2;;/h11-12,14,17H,3-10,13H2,1-2H3;1,3-10H2,2H3;2-4H,1H3;3-4H2,1-2H3;1H;/q;-1;;;;+2/p-1.